The monoisotopic (exact) mass is 1650 g/mol. The number of hydrogen-bond donors (Lipinski definition) is 14. The zero-order valence-corrected chi connectivity index (χ0v) is 71.3. The third-order valence-electron chi connectivity index (χ3n) is 17.5. The molecular formula is C78H129N12O24P. The molecule has 2 aliphatic heterocycles. The van der Waals surface area contributed by atoms with Crippen LogP contribution in [-0.4, -0.2) is 228 Å². The first-order valence-corrected chi connectivity index (χ1v) is 41.0. The molecule has 2 aliphatic rings. The Kier molecular flexibility index (Phi) is 40.3. The molecule has 2 heterocycles. The molecule has 1 aromatic carbocycles. The minimum absolute atomic E-state index is 0.0251. The lowest BCUT2D eigenvalue weighted by molar-refractivity contribution is -0.137. The van der Waals surface area contributed by atoms with E-state index in [1.807, 2.05) is 13.8 Å². The Morgan fingerprint density at radius 1 is 0.557 bits per heavy atom. The summed E-state index contributed by atoms with van der Waals surface area (Å²) >= 11 is 0. The van der Waals surface area contributed by atoms with Crippen LogP contribution in [0.1, 0.15) is 208 Å². The van der Waals surface area contributed by atoms with E-state index in [0.29, 0.717) is 12.0 Å². The van der Waals surface area contributed by atoms with Crippen LogP contribution in [0.5, 0.6) is 0 Å². The van der Waals surface area contributed by atoms with Crippen molar-refractivity contribution in [2.45, 2.75) is 286 Å². The quantitative estimate of drug-likeness (QED) is 0.0362. The molecule has 37 heteroatoms. The van der Waals surface area contributed by atoms with Gasteiger partial charge in [-0.05, 0) is 153 Å². The number of amides is 12. The summed E-state index contributed by atoms with van der Waals surface area (Å²) in [6.45, 7) is 28.5. The number of hydrogen-bond acceptors (Lipinski definition) is 24. The lowest BCUT2D eigenvalue weighted by Crippen LogP contribution is -2.59. The first-order chi connectivity index (χ1) is 53.2. The zero-order chi connectivity index (χ0) is 87.1. The van der Waals surface area contributed by atoms with Gasteiger partial charge < -0.3 is 102 Å². The number of nitrogens with one attached hydrogen (secondary N) is 12. The molecule has 0 aliphatic carbocycles. The van der Waals surface area contributed by atoms with Crippen LogP contribution in [0.15, 0.2) is 30.3 Å². The summed E-state index contributed by atoms with van der Waals surface area (Å²) in [4.78, 5) is 215. The minimum atomic E-state index is -3.93. The van der Waals surface area contributed by atoms with Gasteiger partial charge in [-0.2, -0.15) is 0 Å². The predicted molar refractivity (Wildman–Crippen MR) is 422 cm³/mol. The van der Waals surface area contributed by atoms with Gasteiger partial charge >= 0.3 is 32.0 Å². The van der Waals surface area contributed by atoms with Gasteiger partial charge in [0.1, 0.15) is 52.7 Å². The van der Waals surface area contributed by atoms with Crippen LogP contribution >= 0.6 is 7.60 Å². The number of carbonyl (C=O) groups is 15. The summed E-state index contributed by atoms with van der Waals surface area (Å²) in [5.74, 6) is -15.8. The number of benzene rings is 1. The number of Topliss-reactive ketones (excluding diaryl/α,β-unsaturated/α-hetero) is 3. The van der Waals surface area contributed by atoms with Crippen LogP contribution in [0.25, 0.3) is 0 Å². The maximum Gasteiger partial charge on any atom is 0.407 e. The molecule has 0 saturated carbocycles. The van der Waals surface area contributed by atoms with Crippen molar-refractivity contribution in [3.05, 3.63) is 35.9 Å². The van der Waals surface area contributed by atoms with E-state index in [4.69, 9.17) is 28.0 Å². The van der Waals surface area contributed by atoms with E-state index in [2.05, 4.69) is 63.8 Å². The van der Waals surface area contributed by atoms with Crippen molar-refractivity contribution in [2.24, 2.45) is 29.1 Å². The topological polar surface area (TPSA) is 513 Å². The summed E-state index contributed by atoms with van der Waals surface area (Å²) in [6.07, 6.45) is -12.2. The first-order valence-electron chi connectivity index (χ1n) is 39.3. The standard InChI is InChI=1S/C78H129N12O24P/c1-20-24-52(84-61(96)42-115(108)109-43-78(18,19)44-110-115)60(95)41-51(46(4)91)65(99)85-53(29-34-81-71(105)112-75(9,10)11)58(93)39-49-27-32-79-69(103)62(47(5)92)90-64(98)50(28-33-80-70(104)111-74(6,7)8)40-59(94)54(30-35-82-72(106)113-76(12,13)14)86-67(101)56(37-45(2)3)88-68(102)57(38-48-25-22-21-23-26-48)89-66(100)55(87-63(49)97)31-36-83-73(107)114-77(15,16)17/h21-23,25-26,45-47,49-57,62,91-92H,20,24,27-44H2,1-19H3,(H,79,103)(H,80,104)(H,81,105)(H,82,106)(H,83,107)(H,84,96)(H,85,99)(H,86,101)(H,87,97)(H,88,102)(H,89,100)(H,90,98)/t46?,47?,49-,50-,51+,52+,53+,54+,55+,56+,57-,62+/m1/s1. The summed E-state index contributed by atoms with van der Waals surface area (Å²) in [7, 11) is -3.93. The molecule has 2 saturated heterocycles. The van der Waals surface area contributed by atoms with Crippen LogP contribution in [-0.2, 0) is 91.7 Å². The molecule has 14 N–H and O–H groups in total. The van der Waals surface area contributed by atoms with Crippen LogP contribution < -0.4 is 63.8 Å². The Hall–Kier alpha value is -8.86. The molecule has 2 fully saturated rings. The van der Waals surface area contributed by atoms with E-state index < -0.39 is 261 Å². The molecule has 650 valence electrons. The van der Waals surface area contributed by atoms with Crippen molar-refractivity contribution in [2.75, 3.05) is 52.1 Å². The van der Waals surface area contributed by atoms with Crippen molar-refractivity contribution in [1.29, 1.82) is 0 Å². The highest BCUT2D eigenvalue weighted by Crippen LogP contribution is 2.53. The van der Waals surface area contributed by atoms with E-state index in [9.17, 15) is 67.5 Å². The summed E-state index contributed by atoms with van der Waals surface area (Å²) < 4.78 is 46.0. The average Bonchev–Trinajstić information content (AvgIpc) is 1.01. The summed E-state index contributed by atoms with van der Waals surface area (Å²) in [5.41, 5.74) is -3.96. The second kappa shape index (κ2) is 46.2. The van der Waals surface area contributed by atoms with Gasteiger partial charge in [-0.15, -0.1) is 0 Å². The normalized spacial score (nSPS) is 21.8. The van der Waals surface area contributed by atoms with Gasteiger partial charge in [0.15, 0.2) is 17.3 Å². The number of rotatable bonds is 31. The Morgan fingerprint density at radius 3 is 1.50 bits per heavy atom. The summed E-state index contributed by atoms with van der Waals surface area (Å²) in [5, 5.41) is 53.6. The molecule has 3 rings (SSSR count). The van der Waals surface area contributed by atoms with Gasteiger partial charge in [0, 0.05) is 75.7 Å². The van der Waals surface area contributed by atoms with Crippen molar-refractivity contribution < 1.29 is 115 Å². The van der Waals surface area contributed by atoms with E-state index in [1.165, 1.54) is 6.92 Å². The maximum absolute atomic E-state index is 15.4. The summed E-state index contributed by atoms with van der Waals surface area (Å²) in [6, 6.07) is -2.91. The van der Waals surface area contributed by atoms with E-state index in [1.54, 1.807) is 134 Å². The predicted octanol–water partition coefficient (Wildman–Crippen LogP) is 4.40. The van der Waals surface area contributed by atoms with Crippen molar-refractivity contribution in [3.63, 3.8) is 0 Å². The SMILES string of the molecule is CCC[C@H](NC(=O)CP1(=O)OCC(C)(C)CO1)C(=O)C[C@H](C(=O)N[C@@H](CCNC(=O)OC(C)(C)C)C(=O)C[C@H]1CCNC(=O)[C@H](C(C)O)NC(=O)[C@H](CCNC(=O)OC(C)(C)C)CC(=O)[C@H](CCNC(=O)OC(C)(C)C)NC(=O)[C@H](CC(C)C)NC(=O)[C@@H](Cc2ccccc2)NC(=O)[C@H](CCNC(=O)OC(C)(C)C)NC1=O)C(C)O. The first kappa shape index (κ1) is 100. The second-order valence-corrected chi connectivity index (χ2v) is 36.5. The number of alkyl carbamates (subject to hydrolysis) is 4. The fourth-order valence-electron chi connectivity index (χ4n) is 11.8. The molecule has 0 bridgehead atoms. The van der Waals surface area contributed by atoms with Crippen LogP contribution in [0.4, 0.5) is 19.2 Å². The molecule has 115 heavy (non-hydrogen) atoms. The highest BCUT2D eigenvalue weighted by Gasteiger charge is 2.42. The van der Waals surface area contributed by atoms with Gasteiger partial charge in [0.2, 0.25) is 47.3 Å². The van der Waals surface area contributed by atoms with Gasteiger partial charge in [0.25, 0.3) is 0 Å². The lowest BCUT2D eigenvalue weighted by atomic mass is 9.90. The highest BCUT2D eigenvalue weighted by molar-refractivity contribution is 7.54. The number of carbonyl (C=O) groups excluding carboxylic acids is 15. The minimum Gasteiger partial charge on any atom is -0.444 e. The Morgan fingerprint density at radius 2 is 1.01 bits per heavy atom. The molecule has 12 amide bonds. The van der Waals surface area contributed by atoms with Crippen molar-refractivity contribution in [1.82, 2.24) is 63.8 Å². The van der Waals surface area contributed by atoms with Crippen molar-refractivity contribution in [3.8, 4) is 0 Å². The molecule has 2 unspecified atom stereocenters. The van der Waals surface area contributed by atoms with Gasteiger partial charge in [-0.3, -0.25) is 57.3 Å². The molecule has 0 aromatic heterocycles. The molecule has 0 radical (unpaired) electrons. The van der Waals surface area contributed by atoms with Crippen molar-refractivity contribution >= 4 is 96.6 Å². The number of aliphatic hydroxyl groups is 2. The third-order valence-corrected chi connectivity index (χ3v) is 19.3. The number of aliphatic hydroxyl groups excluding tert-OH is 2. The van der Waals surface area contributed by atoms with Crippen LogP contribution in [0, 0.1) is 29.1 Å². The van der Waals surface area contributed by atoms with Gasteiger partial charge in [-0.1, -0.05) is 71.4 Å². The molecule has 1 aromatic rings. The fourth-order valence-corrected chi connectivity index (χ4v) is 13.6. The molecule has 12 atom stereocenters. The third kappa shape index (κ3) is 40.0. The van der Waals surface area contributed by atoms with Gasteiger partial charge in [0.05, 0.1) is 49.5 Å². The van der Waals surface area contributed by atoms with Crippen LogP contribution in [0.2, 0.25) is 0 Å². The Balaban J connectivity index is 2.36. The Bertz CT molecular complexity index is 3520. The number of ether oxygens (including phenoxy) is 4. The zero-order valence-electron chi connectivity index (χ0n) is 70.4. The fraction of sp³-hybridized carbons (Fsp3) is 0.731. The molecule has 0 spiro atoms. The highest BCUT2D eigenvalue weighted by atomic mass is 31.2. The van der Waals surface area contributed by atoms with Gasteiger partial charge in [-0.25, -0.2) is 19.2 Å². The number of ketones is 3. The van der Waals surface area contributed by atoms with Crippen LogP contribution in [0.3, 0.4) is 0 Å². The van der Waals surface area contributed by atoms with E-state index >= 15 is 19.2 Å². The maximum atomic E-state index is 15.4. The molecular weight excluding hydrogens is 1520 g/mol. The largest absolute Gasteiger partial charge is 0.444 e. The smallest absolute Gasteiger partial charge is 0.407 e. The van der Waals surface area contributed by atoms with E-state index in [0.717, 1.165) is 6.92 Å². The van der Waals surface area contributed by atoms with E-state index in [-0.39, 0.29) is 64.3 Å². The lowest BCUT2D eigenvalue weighted by Gasteiger charge is -2.33. The molecule has 36 nitrogen and oxygen atoms in total. The average molecular weight is 1650 g/mol. The second-order valence-electron chi connectivity index (χ2n) is 34.4. The Labute approximate surface area is 674 Å².